The Bertz CT molecular complexity index is 292. The number of rotatable bonds is 0. The average Bonchev–Trinajstić information content (AvgIpc) is 2.21. The number of nitrogens with zero attached hydrogens (tertiary/aromatic N) is 3. The number of hydrogen-bond acceptors (Lipinski definition) is 3. The van der Waals surface area contributed by atoms with Gasteiger partial charge in [0.1, 0.15) is 0 Å². The van der Waals surface area contributed by atoms with Gasteiger partial charge in [0.25, 0.3) is 0 Å². The van der Waals surface area contributed by atoms with Crippen molar-refractivity contribution in [3.63, 3.8) is 0 Å². The zero-order valence-electron chi connectivity index (χ0n) is 7.22. The average molecular weight is 411 g/mol. The van der Waals surface area contributed by atoms with Gasteiger partial charge >= 0.3 is 35.3 Å². The molecule has 14 heavy (non-hydrogen) atoms. The van der Waals surface area contributed by atoms with Gasteiger partial charge in [-0.25, -0.2) is 0 Å². The Balaban J connectivity index is 0. The standard InChI is InChI=1S/C6H4N2.C2H3N.2ClH.Pt/c7-5-6-1-3-8-4-2-6;1-2-3;;;/h1-4H;1H3;2*1H;/q;;;;+2/p-2. The molecular formula is C8H7Cl2N3Pt. The van der Waals surface area contributed by atoms with Crippen molar-refractivity contribution in [3.8, 4) is 12.1 Å². The molecule has 0 fully saturated rings. The van der Waals surface area contributed by atoms with E-state index in [9.17, 15) is 0 Å². The molecule has 0 unspecified atom stereocenters. The molecule has 3 nitrogen and oxygen atoms in total. The number of aromatic nitrogens is 1. The number of pyridine rings is 1. The summed E-state index contributed by atoms with van der Waals surface area (Å²) < 4.78 is 0. The SMILES string of the molecule is CC#N.N#Cc1ccncc1.[Cl][Pt][Cl]. The summed E-state index contributed by atoms with van der Waals surface area (Å²) in [7, 11) is 9.75. The quantitative estimate of drug-likeness (QED) is 0.660. The van der Waals surface area contributed by atoms with Crippen LogP contribution in [0.2, 0.25) is 0 Å². The molecule has 0 saturated heterocycles. The summed E-state index contributed by atoms with van der Waals surface area (Å²) in [5, 5.41) is 15.6. The van der Waals surface area contributed by atoms with E-state index in [1.54, 1.807) is 30.6 Å². The predicted octanol–water partition coefficient (Wildman–Crippen LogP) is 2.86. The fourth-order valence-corrected chi connectivity index (χ4v) is 0.426. The van der Waals surface area contributed by atoms with Gasteiger partial charge in [-0.1, -0.05) is 0 Å². The first kappa shape index (κ1) is 15.9. The van der Waals surface area contributed by atoms with Gasteiger partial charge in [0.2, 0.25) is 0 Å². The molecule has 1 rings (SSSR count). The number of hydrogen-bond donors (Lipinski definition) is 0. The second-order valence-corrected chi connectivity index (χ2v) is 4.90. The summed E-state index contributed by atoms with van der Waals surface area (Å²) in [6.07, 6.45) is 3.19. The number of nitriles is 2. The molecule has 0 amide bonds. The Morgan fingerprint density at radius 3 is 1.86 bits per heavy atom. The Morgan fingerprint density at radius 1 is 1.29 bits per heavy atom. The molecule has 0 aliphatic carbocycles. The van der Waals surface area contributed by atoms with Gasteiger partial charge in [-0.2, -0.15) is 10.5 Å². The van der Waals surface area contributed by atoms with Gasteiger partial charge in [-0.3, -0.25) is 4.98 Å². The van der Waals surface area contributed by atoms with E-state index >= 15 is 0 Å². The maximum absolute atomic E-state index is 8.26. The molecule has 0 aromatic carbocycles. The topological polar surface area (TPSA) is 60.5 Å². The van der Waals surface area contributed by atoms with Crippen molar-refractivity contribution in [1.29, 1.82) is 10.5 Å². The summed E-state index contributed by atoms with van der Waals surface area (Å²) >= 11 is -0.472. The third kappa shape index (κ3) is 14.0. The van der Waals surface area contributed by atoms with E-state index in [0.29, 0.717) is 5.56 Å². The van der Waals surface area contributed by atoms with Crippen LogP contribution < -0.4 is 0 Å². The van der Waals surface area contributed by atoms with Crippen molar-refractivity contribution in [2.24, 2.45) is 0 Å². The molecule has 0 atom stereocenters. The summed E-state index contributed by atoms with van der Waals surface area (Å²) in [6.45, 7) is 1.43. The van der Waals surface area contributed by atoms with Crippen molar-refractivity contribution in [2.45, 2.75) is 6.92 Å². The minimum absolute atomic E-state index is 0.472. The van der Waals surface area contributed by atoms with E-state index in [1.807, 2.05) is 6.07 Å². The van der Waals surface area contributed by atoms with Crippen LogP contribution in [0.5, 0.6) is 0 Å². The molecule has 78 valence electrons. The first-order chi connectivity index (χ1) is 6.76. The zero-order valence-corrected chi connectivity index (χ0v) is 11.0. The van der Waals surface area contributed by atoms with E-state index in [2.05, 4.69) is 4.98 Å². The summed E-state index contributed by atoms with van der Waals surface area (Å²) in [5.41, 5.74) is 0.653. The van der Waals surface area contributed by atoms with Crippen molar-refractivity contribution in [3.05, 3.63) is 30.1 Å². The van der Waals surface area contributed by atoms with Crippen molar-refractivity contribution in [1.82, 2.24) is 4.98 Å². The van der Waals surface area contributed by atoms with Crippen molar-refractivity contribution < 1.29 is 16.5 Å². The maximum atomic E-state index is 8.26. The molecule has 1 aromatic rings. The van der Waals surface area contributed by atoms with Crippen molar-refractivity contribution >= 4 is 18.8 Å². The molecule has 1 aromatic heterocycles. The van der Waals surface area contributed by atoms with Crippen LogP contribution in [0.1, 0.15) is 12.5 Å². The normalized spacial score (nSPS) is 6.64. The van der Waals surface area contributed by atoms with Crippen LogP contribution in [0.4, 0.5) is 0 Å². The van der Waals surface area contributed by atoms with Gasteiger partial charge in [-0.15, -0.1) is 0 Å². The Hall–Kier alpha value is -0.602. The second kappa shape index (κ2) is 14.9. The van der Waals surface area contributed by atoms with E-state index in [1.165, 1.54) is 6.92 Å². The van der Waals surface area contributed by atoms with Gasteiger partial charge in [0.05, 0.1) is 17.7 Å². The van der Waals surface area contributed by atoms with Crippen molar-refractivity contribution in [2.75, 3.05) is 0 Å². The third-order valence-corrected chi connectivity index (χ3v) is 0.809. The van der Waals surface area contributed by atoms with Crippen LogP contribution in [0.25, 0.3) is 0 Å². The third-order valence-electron chi connectivity index (χ3n) is 0.809. The molecule has 0 spiro atoms. The molecule has 0 bridgehead atoms. The second-order valence-electron chi connectivity index (χ2n) is 1.62. The van der Waals surface area contributed by atoms with Crippen LogP contribution >= 0.6 is 18.8 Å². The van der Waals surface area contributed by atoms with Crippen LogP contribution in [-0.2, 0) is 16.5 Å². The van der Waals surface area contributed by atoms with Gasteiger partial charge < -0.3 is 0 Å². The summed E-state index contributed by atoms with van der Waals surface area (Å²) in [6, 6.07) is 7.07. The molecule has 0 aliphatic heterocycles. The van der Waals surface area contributed by atoms with E-state index < -0.39 is 16.5 Å². The van der Waals surface area contributed by atoms with Gasteiger partial charge in [0, 0.05) is 19.3 Å². The predicted molar refractivity (Wildman–Crippen MR) is 51.9 cm³/mol. The minimum atomic E-state index is -0.472. The molecule has 0 N–H and O–H groups in total. The molecule has 0 aliphatic rings. The Morgan fingerprint density at radius 2 is 1.64 bits per heavy atom. The number of halogens is 2. The zero-order chi connectivity index (χ0) is 11.2. The molecule has 1 heterocycles. The molecule has 0 saturated carbocycles. The van der Waals surface area contributed by atoms with Gasteiger partial charge in [-0.05, 0) is 12.1 Å². The monoisotopic (exact) mass is 410 g/mol. The van der Waals surface area contributed by atoms with E-state index in [-0.39, 0.29) is 0 Å². The van der Waals surface area contributed by atoms with Crippen LogP contribution in [0.3, 0.4) is 0 Å². The first-order valence-corrected chi connectivity index (χ1v) is 8.83. The van der Waals surface area contributed by atoms with E-state index in [0.717, 1.165) is 0 Å². The first-order valence-electron chi connectivity index (χ1n) is 3.20. The molecule has 0 radical (unpaired) electrons. The molecule has 6 heteroatoms. The van der Waals surface area contributed by atoms with E-state index in [4.69, 9.17) is 29.4 Å². The summed E-state index contributed by atoms with van der Waals surface area (Å²) in [4.78, 5) is 3.74. The Labute approximate surface area is 99.7 Å². The van der Waals surface area contributed by atoms with Crippen LogP contribution in [-0.4, -0.2) is 4.98 Å². The molecular weight excluding hydrogens is 404 g/mol. The Kier molecular flexibility index (Phi) is 16.9. The fraction of sp³-hybridized carbons (Fsp3) is 0.125. The van der Waals surface area contributed by atoms with Crippen LogP contribution in [0.15, 0.2) is 24.5 Å². The summed E-state index contributed by atoms with van der Waals surface area (Å²) in [5.74, 6) is 0. The van der Waals surface area contributed by atoms with Crippen LogP contribution in [0, 0.1) is 22.7 Å². The fourth-order valence-electron chi connectivity index (χ4n) is 0.426. The van der Waals surface area contributed by atoms with Gasteiger partial charge in [0.15, 0.2) is 0 Å².